The number of aliphatic imine (C=N–C) groups is 1. The van der Waals surface area contributed by atoms with Gasteiger partial charge in [0.1, 0.15) is 5.82 Å². The van der Waals surface area contributed by atoms with Crippen LogP contribution in [0.3, 0.4) is 0 Å². The Balaban J connectivity index is 1.71. The smallest absolute Gasteiger partial charge is 0.338 e. The first-order chi connectivity index (χ1) is 18.1. The Labute approximate surface area is 215 Å². The molecule has 0 fully saturated rings. The molecule has 5 aromatic rings. The summed E-state index contributed by atoms with van der Waals surface area (Å²) in [7, 11) is 0. The van der Waals surface area contributed by atoms with Gasteiger partial charge in [0.15, 0.2) is 0 Å². The quantitative estimate of drug-likeness (QED) is 0.173. The number of carbonyl (C=O) groups is 1. The molecule has 0 unspecified atom stereocenters. The van der Waals surface area contributed by atoms with E-state index in [1.165, 1.54) is 12.1 Å². The first-order valence-corrected chi connectivity index (χ1v) is 12.1. The lowest BCUT2D eigenvalue weighted by Gasteiger charge is -2.15. The minimum Gasteiger partial charge on any atom is -0.462 e. The first kappa shape index (κ1) is 23.9. The van der Waals surface area contributed by atoms with Gasteiger partial charge in [0.05, 0.1) is 29.2 Å². The minimum absolute atomic E-state index is 0.298. The molecular formula is C32H25FN2O2. The third kappa shape index (κ3) is 5.26. The average Bonchev–Trinajstić information content (AvgIpc) is 3.33. The molecule has 4 aromatic carbocycles. The Morgan fingerprint density at radius 2 is 1.46 bits per heavy atom. The monoisotopic (exact) mass is 488 g/mol. The number of carbonyl (C=O) groups excluding carboxylic acids is 1. The van der Waals surface area contributed by atoms with Crippen molar-refractivity contribution in [3.05, 3.63) is 132 Å². The van der Waals surface area contributed by atoms with Gasteiger partial charge in [0.25, 0.3) is 0 Å². The van der Waals surface area contributed by atoms with Crippen molar-refractivity contribution in [2.24, 2.45) is 4.99 Å². The second-order valence-corrected chi connectivity index (χ2v) is 8.40. The van der Waals surface area contributed by atoms with Crippen molar-refractivity contribution in [1.82, 2.24) is 4.57 Å². The number of hydrogen-bond donors (Lipinski definition) is 0. The first-order valence-electron chi connectivity index (χ1n) is 12.1. The lowest BCUT2D eigenvalue weighted by molar-refractivity contribution is 0.0526. The van der Waals surface area contributed by atoms with Gasteiger partial charge < -0.3 is 9.30 Å². The van der Waals surface area contributed by atoms with Crippen LogP contribution in [0.15, 0.2) is 120 Å². The Bertz CT molecular complexity index is 1520. The molecule has 0 aliphatic heterocycles. The van der Waals surface area contributed by atoms with Crippen LogP contribution in [0.4, 0.5) is 10.1 Å². The van der Waals surface area contributed by atoms with E-state index in [2.05, 4.69) is 39.9 Å². The summed E-state index contributed by atoms with van der Waals surface area (Å²) in [5.41, 5.74) is 6.94. The molecule has 0 atom stereocenters. The molecule has 4 nitrogen and oxygen atoms in total. The number of rotatable bonds is 7. The standard InChI is InChI=1S/C32H25FN2O2/c1-2-37-32(36)25-13-19-29(20-14-25)35-30(23-9-5-3-6-10-23)21-26(31(35)24-11-7-4-8-12-24)22-34-28-17-15-27(33)16-18-28/h3-22H,2H2,1H3. The summed E-state index contributed by atoms with van der Waals surface area (Å²) in [5.74, 6) is -0.645. The van der Waals surface area contributed by atoms with Gasteiger partial charge in [0.2, 0.25) is 0 Å². The van der Waals surface area contributed by atoms with Crippen molar-refractivity contribution in [2.75, 3.05) is 6.61 Å². The zero-order valence-corrected chi connectivity index (χ0v) is 20.3. The zero-order chi connectivity index (χ0) is 25.6. The molecule has 0 aliphatic rings. The fourth-order valence-electron chi connectivity index (χ4n) is 4.24. The van der Waals surface area contributed by atoms with Gasteiger partial charge in [-0.25, -0.2) is 9.18 Å². The molecule has 0 saturated heterocycles. The summed E-state index contributed by atoms with van der Waals surface area (Å²) in [4.78, 5) is 16.9. The van der Waals surface area contributed by atoms with Crippen LogP contribution in [0.1, 0.15) is 22.8 Å². The van der Waals surface area contributed by atoms with Gasteiger partial charge in [-0.15, -0.1) is 0 Å². The molecule has 0 N–H and O–H groups in total. The lowest BCUT2D eigenvalue weighted by Crippen LogP contribution is -2.05. The molecule has 182 valence electrons. The van der Waals surface area contributed by atoms with Crippen LogP contribution in [0.25, 0.3) is 28.2 Å². The van der Waals surface area contributed by atoms with Crippen molar-refractivity contribution >= 4 is 17.9 Å². The van der Waals surface area contributed by atoms with E-state index in [0.717, 1.165) is 33.8 Å². The molecule has 1 aromatic heterocycles. The fraction of sp³-hybridized carbons (Fsp3) is 0.0625. The van der Waals surface area contributed by atoms with Crippen molar-refractivity contribution < 1.29 is 13.9 Å². The summed E-state index contributed by atoms with van der Waals surface area (Å²) < 4.78 is 20.7. The normalized spacial score (nSPS) is 11.1. The predicted molar refractivity (Wildman–Crippen MR) is 146 cm³/mol. The van der Waals surface area contributed by atoms with E-state index in [1.54, 1.807) is 31.2 Å². The largest absolute Gasteiger partial charge is 0.462 e. The highest BCUT2D eigenvalue weighted by atomic mass is 19.1. The van der Waals surface area contributed by atoms with E-state index >= 15 is 0 Å². The van der Waals surface area contributed by atoms with Gasteiger partial charge >= 0.3 is 5.97 Å². The molecular weight excluding hydrogens is 463 g/mol. The zero-order valence-electron chi connectivity index (χ0n) is 20.3. The van der Waals surface area contributed by atoms with Crippen LogP contribution < -0.4 is 0 Å². The molecule has 0 saturated carbocycles. The van der Waals surface area contributed by atoms with Crippen LogP contribution >= 0.6 is 0 Å². The van der Waals surface area contributed by atoms with E-state index in [9.17, 15) is 9.18 Å². The second-order valence-electron chi connectivity index (χ2n) is 8.40. The van der Waals surface area contributed by atoms with Crippen molar-refractivity contribution in [3.8, 4) is 28.2 Å². The molecule has 1 heterocycles. The number of esters is 1. The molecule has 5 heteroatoms. The number of ether oxygens (including phenoxy) is 1. The Morgan fingerprint density at radius 1 is 0.838 bits per heavy atom. The highest BCUT2D eigenvalue weighted by Crippen LogP contribution is 2.35. The SMILES string of the molecule is CCOC(=O)c1ccc(-n2c(-c3ccccc3)cc(C=Nc3ccc(F)cc3)c2-c2ccccc2)cc1. The van der Waals surface area contributed by atoms with Crippen molar-refractivity contribution in [3.63, 3.8) is 0 Å². The van der Waals surface area contributed by atoms with Crippen LogP contribution in [0.2, 0.25) is 0 Å². The van der Waals surface area contributed by atoms with Gasteiger partial charge in [-0.2, -0.15) is 0 Å². The molecule has 37 heavy (non-hydrogen) atoms. The van der Waals surface area contributed by atoms with Gasteiger partial charge in [-0.3, -0.25) is 4.99 Å². The number of aromatic nitrogens is 1. The molecule has 0 radical (unpaired) electrons. The number of nitrogens with zero attached hydrogens (tertiary/aromatic N) is 2. The summed E-state index contributed by atoms with van der Waals surface area (Å²) in [6.07, 6.45) is 1.81. The van der Waals surface area contributed by atoms with E-state index in [1.807, 2.05) is 54.7 Å². The van der Waals surface area contributed by atoms with E-state index in [0.29, 0.717) is 17.9 Å². The predicted octanol–water partition coefficient (Wildman–Crippen LogP) is 7.88. The summed E-state index contributed by atoms with van der Waals surface area (Å²) in [5, 5.41) is 0. The Kier molecular flexibility index (Phi) is 7.04. The number of hydrogen-bond acceptors (Lipinski definition) is 3. The molecule has 0 amide bonds. The van der Waals surface area contributed by atoms with Gasteiger partial charge in [0, 0.05) is 17.5 Å². The maximum absolute atomic E-state index is 13.4. The Hall–Kier alpha value is -4.77. The lowest BCUT2D eigenvalue weighted by atomic mass is 10.1. The van der Waals surface area contributed by atoms with Crippen LogP contribution in [-0.4, -0.2) is 23.4 Å². The topological polar surface area (TPSA) is 43.6 Å². The van der Waals surface area contributed by atoms with Crippen molar-refractivity contribution in [1.29, 1.82) is 0 Å². The maximum atomic E-state index is 13.4. The van der Waals surface area contributed by atoms with Crippen molar-refractivity contribution in [2.45, 2.75) is 6.92 Å². The van der Waals surface area contributed by atoms with E-state index in [4.69, 9.17) is 4.74 Å². The Morgan fingerprint density at radius 3 is 2.08 bits per heavy atom. The average molecular weight is 489 g/mol. The number of halogens is 1. The third-order valence-electron chi connectivity index (χ3n) is 5.96. The second kappa shape index (κ2) is 10.9. The fourth-order valence-corrected chi connectivity index (χ4v) is 4.24. The van der Waals surface area contributed by atoms with E-state index in [-0.39, 0.29) is 11.8 Å². The maximum Gasteiger partial charge on any atom is 0.338 e. The molecule has 5 rings (SSSR count). The van der Waals surface area contributed by atoms with Gasteiger partial charge in [-0.05, 0) is 72.6 Å². The molecule has 0 aliphatic carbocycles. The number of benzene rings is 4. The molecule has 0 bridgehead atoms. The van der Waals surface area contributed by atoms with E-state index < -0.39 is 0 Å². The van der Waals surface area contributed by atoms with Crippen LogP contribution in [0.5, 0.6) is 0 Å². The third-order valence-corrected chi connectivity index (χ3v) is 5.96. The molecule has 0 spiro atoms. The van der Waals surface area contributed by atoms with Crippen LogP contribution in [-0.2, 0) is 4.74 Å². The summed E-state index contributed by atoms with van der Waals surface area (Å²) in [6.45, 7) is 2.12. The minimum atomic E-state index is -0.347. The summed E-state index contributed by atoms with van der Waals surface area (Å²) >= 11 is 0. The summed E-state index contributed by atoms with van der Waals surface area (Å²) in [6, 6.07) is 35.8. The van der Waals surface area contributed by atoms with Crippen LogP contribution in [0, 0.1) is 5.82 Å². The van der Waals surface area contributed by atoms with Gasteiger partial charge in [-0.1, -0.05) is 60.7 Å². The highest BCUT2D eigenvalue weighted by Gasteiger charge is 2.19. The highest BCUT2D eigenvalue weighted by molar-refractivity contribution is 5.95.